The van der Waals surface area contributed by atoms with Crippen molar-refractivity contribution in [3.8, 4) is 11.6 Å². The van der Waals surface area contributed by atoms with E-state index in [0.717, 1.165) is 43.1 Å². The van der Waals surface area contributed by atoms with Gasteiger partial charge in [0.05, 0.1) is 18.9 Å². The highest BCUT2D eigenvalue weighted by Crippen LogP contribution is 2.45. The van der Waals surface area contributed by atoms with E-state index in [4.69, 9.17) is 25.8 Å². The van der Waals surface area contributed by atoms with E-state index in [9.17, 15) is 0 Å². The van der Waals surface area contributed by atoms with Gasteiger partial charge in [-0.1, -0.05) is 24.3 Å². The minimum atomic E-state index is -0.917. The number of rotatable bonds is 3. The fraction of sp³-hybridized carbons (Fsp3) is 0.435. The van der Waals surface area contributed by atoms with Gasteiger partial charge >= 0.3 is 0 Å². The van der Waals surface area contributed by atoms with Gasteiger partial charge in [-0.2, -0.15) is 0 Å². The lowest BCUT2D eigenvalue weighted by Gasteiger charge is -2.32. The Kier molecular flexibility index (Phi) is 5.01. The van der Waals surface area contributed by atoms with E-state index in [1.807, 2.05) is 30.3 Å². The molecule has 0 saturated carbocycles. The number of halogens is 1. The minimum absolute atomic E-state index is 0.129. The Morgan fingerprint density at radius 3 is 2.56 bits per heavy atom. The molecule has 166 valence electrons. The molecule has 0 radical (unpaired) electrons. The SMILES string of the molecule is ClC1c2nnc(N3CCC(Oc4ccccn4)CC3)n2-c2ccccc2CC12OCCO2. The molecule has 6 rings (SSSR count). The van der Waals surface area contributed by atoms with Gasteiger partial charge in [0.25, 0.3) is 0 Å². The van der Waals surface area contributed by atoms with Crippen molar-refractivity contribution in [1.29, 1.82) is 0 Å². The molecule has 1 aromatic carbocycles. The third-order valence-electron chi connectivity index (χ3n) is 6.38. The van der Waals surface area contributed by atoms with Crippen molar-refractivity contribution < 1.29 is 14.2 Å². The summed E-state index contributed by atoms with van der Waals surface area (Å²) in [5.41, 5.74) is 2.13. The van der Waals surface area contributed by atoms with Crippen LogP contribution in [0.2, 0.25) is 0 Å². The van der Waals surface area contributed by atoms with Crippen molar-refractivity contribution in [2.45, 2.75) is 36.5 Å². The summed E-state index contributed by atoms with van der Waals surface area (Å²) in [5.74, 6) is 1.20. The zero-order valence-corrected chi connectivity index (χ0v) is 18.3. The molecule has 9 heteroatoms. The second kappa shape index (κ2) is 8.03. The quantitative estimate of drug-likeness (QED) is 0.563. The Hall–Kier alpha value is -2.68. The number of alkyl halides is 1. The van der Waals surface area contributed by atoms with E-state index in [0.29, 0.717) is 31.3 Å². The molecule has 3 aliphatic rings. The summed E-state index contributed by atoms with van der Waals surface area (Å²) in [5, 5.41) is 8.52. The van der Waals surface area contributed by atoms with Crippen molar-refractivity contribution >= 4 is 17.5 Å². The molecule has 2 fully saturated rings. The van der Waals surface area contributed by atoms with Crippen LogP contribution in [0.3, 0.4) is 0 Å². The van der Waals surface area contributed by atoms with Crippen LogP contribution in [0.25, 0.3) is 5.69 Å². The standard InChI is InChI=1S/C23H24ClN5O3/c24-20-21-26-27-22(28-11-8-17(9-12-28)32-19-7-3-4-10-25-19)29(21)18-6-2-1-5-16(18)15-23(20)30-13-14-31-23/h1-7,10,17,20H,8-9,11-15H2. The Bertz CT molecular complexity index is 1090. The number of anilines is 1. The van der Waals surface area contributed by atoms with Crippen LogP contribution in [0.15, 0.2) is 48.7 Å². The number of fused-ring (bicyclic) bond motifs is 3. The number of pyridine rings is 1. The molecule has 3 aliphatic heterocycles. The molecule has 0 amide bonds. The molecule has 2 aromatic heterocycles. The zero-order valence-electron chi connectivity index (χ0n) is 17.6. The fourth-order valence-corrected chi connectivity index (χ4v) is 5.14. The number of hydrogen-bond donors (Lipinski definition) is 0. The smallest absolute Gasteiger partial charge is 0.231 e. The lowest BCUT2D eigenvalue weighted by Crippen LogP contribution is -2.39. The molecule has 2 saturated heterocycles. The molecule has 32 heavy (non-hydrogen) atoms. The van der Waals surface area contributed by atoms with Gasteiger partial charge in [0.15, 0.2) is 11.6 Å². The normalized spacial score (nSPS) is 22.4. The number of ether oxygens (including phenoxy) is 3. The second-order valence-electron chi connectivity index (χ2n) is 8.34. The summed E-state index contributed by atoms with van der Waals surface area (Å²) < 4.78 is 20.2. The van der Waals surface area contributed by atoms with Gasteiger partial charge in [-0.25, -0.2) is 4.98 Å². The highest BCUT2D eigenvalue weighted by atomic mass is 35.5. The van der Waals surface area contributed by atoms with Crippen molar-refractivity contribution in [3.05, 3.63) is 60.0 Å². The Morgan fingerprint density at radius 1 is 1.00 bits per heavy atom. The third kappa shape index (κ3) is 3.34. The monoisotopic (exact) mass is 453 g/mol. The number of nitrogens with zero attached hydrogens (tertiary/aromatic N) is 5. The summed E-state index contributed by atoms with van der Waals surface area (Å²) in [6, 6.07) is 14.0. The van der Waals surface area contributed by atoms with Crippen molar-refractivity contribution in [2.24, 2.45) is 0 Å². The zero-order chi connectivity index (χ0) is 21.5. The number of aromatic nitrogens is 4. The Balaban J connectivity index is 1.30. The molecule has 3 aromatic rings. The first-order valence-corrected chi connectivity index (χ1v) is 11.5. The van der Waals surface area contributed by atoms with Crippen molar-refractivity contribution in [2.75, 3.05) is 31.2 Å². The van der Waals surface area contributed by atoms with Crippen LogP contribution >= 0.6 is 11.6 Å². The second-order valence-corrected chi connectivity index (χ2v) is 8.78. The first-order valence-electron chi connectivity index (χ1n) is 11.0. The number of para-hydroxylation sites is 1. The van der Waals surface area contributed by atoms with Crippen LogP contribution in [0.1, 0.15) is 29.6 Å². The molecule has 1 atom stereocenters. The average molecular weight is 454 g/mol. The van der Waals surface area contributed by atoms with Gasteiger partial charge in [-0.05, 0) is 17.7 Å². The van der Waals surface area contributed by atoms with Crippen LogP contribution in [-0.4, -0.2) is 57.9 Å². The fourth-order valence-electron chi connectivity index (χ4n) is 4.80. The summed E-state index contributed by atoms with van der Waals surface area (Å²) in [7, 11) is 0. The molecule has 0 bridgehead atoms. The lowest BCUT2D eigenvalue weighted by atomic mass is 10.0. The van der Waals surface area contributed by atoms with Crippen LogP contribution in [0.5, 0.6) is 5.88 Å². The van der Waals surface area contributed by atoms with E-state index in [-0.39, 0.29) is 6.10 Å². The maximum atomic E-state index is 6.95. The Morgan fingerprint density at radius 2 is 1.78 bits per heavy atom. The maximum absolute atomic E-state index is 6.95. The molecule has 1 unspecified atom stereocenters. The van der Waals surface area contributed by atoms with E-state index < -0.39 is 11.2 Å². The molecule has 1 spiro atoms. The predicted octanol–water partition coefficient (Wildman–Crippen LogP) is 3.29. The number of hydrogen-bond acceptors (Lipinski definition) is 7. The van der Waals surface area contributed by atoms with Gasteiger partial charge in [0.1, 0.15) is 11.5 Å². The molecule has 0 aliphatic carbocycles. The van der Waals surface area contributed by atoms with Crippen LogP contribution < -0.4 is 9.64 Å². The number of benzene rings is 1. The minimum Gasteiger partial charge on any atom is -0.474 e. The van der Waals surface area contributed by atoms with Crippen molar-refractivity contribution in [1.82, 2.24) is 19.7 Å². The lowest BCUT2D eigenvalue weighted by molar-refractivity contribution is -0.159. The predicted molar refractivity (Wildman–Crippen MR) is 118 cm³/mol. The summed E-state index contributed by atoms with van der Waals surface area (Å²) in [6.45, 7) is 2.66. The summed E-state index contributed by atoms with van der Waals surface area (Å²) >= 11 is 6.95. The maximum Gasteiger partial charge on any atom is 0.231 e. The van der Waals surface area contributed by atoms with Crippen molar-refractivity contribution in [3.63, 3.8) is 0 Å². The summed E-state index contributed by atoms with van der Waals surface area (Å²) in [4.78, 5) is 6.53. The van der Waals surface area contributed by atoms with Gasteiger partial charge in [-0.15, -0.1) is 21.8 Å². The first kappa shape index (κ1) is 20.0. The van der Waals surface area contributed by atoms with E-state index in [1.54, 1.807) is 6.20 Å². The van der Waals surface area contributed by atoms with Gasteiger partial charge in [-0.3, -0.25) is 4.57 Å². The average Bonchev–Trinajstić information content (AvgIpc) is 3.46. The highest BCUT2D eigenvalue weighted by molar-refractivity contribution is 6.21. The van der Waals surface area contributed by atoms with E-state index in [1.165, 1.54) is 0 Å². The topological polar surface area (TPSA) is 74.5 Å². The molecule has 0 N–H and O–H groups in total. The van der Waals surface area contributed by atoms with Crippen LogP contribution in [-0.2, 0) is 15.9 Å². The van der Waals surface area contributed by atoms with E-state index in [2.05, 4.69) is 36.8 Å². The highest BCUT2D eigenvalue weighted by Gasteiger charge is 2.49. The van der Waals surface area contributed by atoms with E-state index >= 15 is 0 Å². The van der Waals surface area contributed by atoms with Gasteiger partial charge < -0.3 is 19.1 Å². The largest absolute Gasteiger partial charge is 0.474 e. The van der Waals surface area contributed by atoms with Crippen LogP contribution in [0, 0.1) is 0 Å². The number of piperidine rings is 1. The first-order chi connectivity index (χ1) is 15.7. The van der Waals surface area contributed by atoms with Gasteiger partial charge in [0, 0.05) is 44.6 Å². The van der Waals surface area contributed by atoms with Gasteiger partial charge in [0.2, 0.25) is 11.8 Å². The van der Waals surface area contributed by atoms with Crippen LogP contribution in [0.4, 0.5) is 5.95 Å². The third-order valence-corrected chi connectivity index (χ3v) is 6.91. The molecule has 5 heterocycles. The molecular formula is C23H24ClN5O3. The Labute approximate surface area is 191 Å². The molecule has 8 nitrogen and oxygen atoms in total. The summed E-state index contributed by atoms with van der Waals surface area (Å²) in [6.07, 6.45) is 4.20. The molecular weight excluding hydrogens is 430 g/mol.